The minimum atomic E-state index is -0.943. The molecule has 1 saturated heterocycles. The Morgan fingerprint density at radius 3 is 2.93 bits per heavy atom. The number of hydrogen-bond donors (Lipinski definition) is 2. The van der Waals surface area contributed by atoms with Gasteiger partial charge in [0.05, 0.1) is 25.5 Å². The van der Waals surface area contributed by atoms with E-state index in [1.807, 2.05) is 0 Å². The molecule has 3 amide bonds. The summed E-state index contributed by atoms with van der Waals surface area (Å²) in [4.78, 5) is 38.7. The zero-order valence-corrected chi connectivity index (χ0v) is 15.3. The average Bonchev–Trinajstić information content (AvgIpc) is 3.18. The highest BCUT2D eigenvalue weighted by Crippen LogP contribution is 2.28. The Morgan fingerprint density at radius 2 is 2.22 bits per heavy atom. The van der Waals surface area contributed by atoms with Gasteiger partial charge in [-0.05, 0) is 30.3 Å². The van der Waals surface area contributed by atoms with Crippen molar-refractivity contribution in [2.24, 2.45) is 0 Å². The zero-order valence-electron chi connectivity index (χ0n) is 14.5. The lowest BCUT2D eigenvalue weighted by Gasteiger charge is -2.34. The van der Waals surface area contributed by atoms with Crippen LogP contribution in [0.5, 0.6) is 5.75 Å². The van der Waals surface area contributed by atoms with Crippen molar-refractivity contribution in [3.05, 3.63) is 47.4 Å². The maximum Gasteiger partial charge on any atom is 0.290 e. The lowest BCUT2D eigenvalue weighted by molar-refractivity contribution is -0.131. The number of ether oxygens (including phenoxy) is 1. The van der Waals surface area contributed by atoms with Crippen LogP contribution >= 0.6 is 11.6 Å². The van der Waals surface area contributed by atoms with Gasteiger partial charge in [0.2, 0.25) is 11.8 Å². The minimum absolute atomic E-state index is 0.117. The van der Waals surface area contributed by atoms with Gasteiger partial charge in [0.1, 0.15) is 11.8 Å². The number of furan rings is 1. The second-order valence-electron chi connectivity index (χ2n) is 5.88. The van der Waals surface area contributed by atoms with Gasteiger partial charge in [-0.1, -0.05) is 11.6 Å². The Morgan fingerprint density at radius 1 is 1.41 bits per heavy atom. The Hall–Kier alpha value is -3.00. The maximum atomic E-state index is 12.6. The Bertz CT molecular complexity index is 853. The molecule has 1 aliphatic rings. The van der Waals surface area contributed by atoms with Gasteiger partial charge in [-0.15, -0.1) is 0 Å². The highest BCUT2D eigenvalue weighted by molar-refractivity contribution is 6.31. The molecule has 0 unspecified atom stereocenters. The number of piperazine rings is 1. The first-order chi connectivity index (χ1) is 13.0. The molecule has 1 atom stereocenters. The van der Waals surface area contributed by atoms with Crippen molar-refractivity contribution in [2.75, 3.05) is 25.5 Å². The van der Waals surface area contributed by atoms with Crippen molar-refractivity contribution in [2.45, 2.75) is 12.5 Å². The van der Waals surface area contributed by atoms with Crippen molar-refractivity contribution in [1.82, 2.24) is 10.2 Å². The summed E-state index contributed by atoms with van der Waals surface area (Å²) < 4.78 is 10.3. The van der Waals surface area contributed by atoms with E-state index in [4.69, 9.17) is 20.8 Å². The number of nitrogens with one attached hydrogen (secondary N) is 2. The largest absolute Gasteiger partial charge is 0.495 e. The fourth-order valence-corrected chi connectivity index (χ4v) is 3.03. The molecule has 27 heavy (non-hydrogen) atoms. The van der Waals surface area contributed by atoms with Crippen LogP contribution in [0.3, 0.4) is 0 Å². The summed E-state index contributed by atoms with van der Waals surface area (Å²) in [6.07, 6.45) is 1.17. The van der Waals surface area contributed by atoms with E-state index >= 15 is 0 Å². The van der Waals surface area contributed by atoms with Crippen LogP contribution in [-0.4, -0.2) is 48.9 Å². The standard InChI is InChI=1S/C18H18ClN3O5/c1-26-14-5-4-11(19)9-12(14)21-16(23)10-13-17(24)20-6-7-22(13)18(25)15-3-2-8-27-15/h2-5,8-9,13H,6-7,10H2,1H3,(H,20,24)(H,21,23)/t13-/m0/s1. The molecule has 2 N–H and O–H groups in total. The predicted octanol–water partition coefficient (Wildman–Crippen LogP) is 1.91. The van der Waals surface area contributed by atoms with E-state index in [9.17, 15) is 14.4 Å². The summed E-state index contributed by atoms with van der Waals surface area (Å²) in [6, 6.07) is 6.96. The van der Waals surface area contributed by atoms with Crippen LogP contribution in [0.2, 0.25) is 5.02 Å². The lowest BCUT2D eigenvalue weighted by atomic mass is 10.1. The number of anilines is 1. The molecule has 1 fully saturated rings. The SMILES string of the molecule is COc1ccc(Cl)cc1NC(=O)C[C@H]1C(=O)NCCN1C(=O)c1ccco1. The Kier molecular flexibility index (Phi) is 5.66. The summed E-state index contributed by atoms with van der Waals surface area (Å²) in [5.41, 5.74) is 0.384. The second kappa shape index (κ2) is 8.13. The molecule has 9 heteroatoms. The zero-order chi connectivity index (χ0) is 19.4. The van der Waals surface area contributed by atoms with Gasteiger partial charge in [0.15, 0.2) is 5.76 Å². The van der Waals surface area contributed by atoms with E-state index in [2.05, 4.69) is 10.6 Å². The summed E-state index contributed by atoms with van der Waals surface area (Å²) in [7, 11) is 1.47. The topological polar surface area (TPSA) is 101 Å². The van der Waals surface area contributed by atoms with Gasteiger partial charge < -0.3 is 24.7 Å². The molecular weight excluding hydrogens is 374 g/mol. The molecule has 0 bridgehead atoms. The molecule has 8 nitrogen and oxygen atoms in total. The normalized spacial score (nSPS) is 16.6. The summed E-state index contributed by atoms with van der Waals surface area (Å²) in [6.45, 7) is 0.592. The third kappa shape index (κ3) is 4.22. The average molecular weight is 392 g/mol. The smallest absolute Gasteiger partial charge is 0.290 e. The van der Waals surface area contributed by atoms with Crippen LogP contribution in [0.4, 0.5) is 5.69 Å². The predicted molar refractivity (Wildman–Crippen MR) is 97.8 cm³/mol. The fraction of sp³-hybridized carbons (Fsp3) is 0.278. The summed E-state index contributed by atoms with van der Waals surface area (Å²) in [5.74, 6) is -0.729. The van der Waals surface area contributed by atoms with Crippen molar-refractivity contribution >= 4 is 35.0 Å². The van der Waals surface area contributed by atoms with E-state index in [1.165, 1.54) is 24.3 Å². The van der Waals surface area contributed by atoms with E-state index < -0.39 is 23.8 Å². The minimum Gasteiger partial charge on any atom is -0.495 e. The monoisotopic (exact) mass is 391 g/mol. The van der Waals surface area contributed by atoms with Gasteiger partial charge in [-0.2, -0.15) is 0 Å². The first-order valence-corrected chi connectivity index (χ1v) is 8.63. The molecular formula is C18H18ClN3O5. The summed E-state index contributed by atoms with van der Waals surface area (Å²) >= 11 is 5.96. The highest BCUT2D eigenvalue weighted by atomic mass is 35.5. The van der Waals surface area contributed by atoms with Gasteiger partial charge in [-0.25, -0.2) is 0 Å². The third-order valence-electron chi connectivity index (χ3n) is 4.14. The van der Waals surface area contributed by atoms with E-state index in [0.717, 1.165) is 0 Å². The number of benzene rings is 1. The molecule has 0 radical (unpaired) electrons. The number of amides is 3. The first kappa shape index (κ1) is 18.8. The van der Waals surface area contributed by atoms with Gasteiger partial charge in [0, 0.05) is 18.1 Å². The summed E-state index contributed by atoms with van der Waals surface area (Å²) in [5, 5.41) is 5.78. The highest BCUT2D eigenvalue weighted by Gasteiger charge is 2.36. The number of nitrogens with zero attached hydrogens (tertiary/aromatic N) is 1. The van der Waals surface area contributed by atoms with Crippen LogP contribution in [0.1, 0.15) is 17.0 Å². The molecule has 2 aromatic rings. The van der Waals surface area contributed by atoms with Crippen molar-refractivity contribution in [3.63, 3.8) is 0 Å². The molecule has 3 rings (SSSR count). The molecule has 0 saturated carbocycles. The first-order valence-electron chi connectivity index (χ1n) is 8.25. The number of carbonyl (C=O) groups excluding carboxylic acids is 3. The van der Waals surface area contributed by atoms with Crippen LogP contribution in [-0.2, 0) is 9.59 Å². The van der Waals surface area contributed by atoms with Gasteiger partial charge in [0.25, 0.3) is 5.91 Å². The lowest BCUT2D eigenvalue weighted by Crippen LogP contribution is -2.58. The van der Waals surface area contributed by atoms with Gasteiger partial charge >= 0.3 is 0 Å². The molecule has 2 heterocycles. The number of halogens is 1. The van der Waals surface area contributed by atoms with E-state index in [1.54, 1.807) is 24.3 Å². The van der Waals surface area contributed by atoms with Crippen molar-refractivity contribution in [3.8, 4) is 5.75 Å². The van der Waals surface area contributed by atoms with Crippen LogP contribution < -0.4 is 15.4 Å². The number of hydrogen-bond acceptors (Lipinski definition) is 5. The molecule has 1 aliphatic heterocycles. The molecule has 0 spiro atoms. The third-order valence-corrected chi connectivity index (χ3v) is 4.37. The van der Waals surface area contributed by atoms with E-state index in [-0.39, 0.29) is 18.7 Å². The van der Waals surface area contributed by atoms with Gasteiger partial charge in [-0.3, -0.25) is 14.4 Å². The molecule has 142 valence electrons. The van der Waals surface area contributed by atoms with Crippen molar-refractivity contribution in [1.29, 1.82) is 0 Å². The van der Waals surface area contributed by atoms with E-state index in [0.29, 0.717) is 23.0 Å². The Labute approximate surface area is 160 Å². The molecule has 1 aromatic heterocycles. The second-order valence-corrected chi connectivity index (χ2v) is 6.32. The number of methoxy groups -OCH3 is 1. The number of rotatable bonds is 5. The Balaban J connectivity index is 1.75. The van der Waals surface area contributed by atoms with Crippen LogP contribution in [0.25, 0.3) is 0 Å². The quantitative estimate of drug-likeness (QED) is 0.810. The van der Waals surface area contributed by atoms with Crippen molar-refractivity contribution < 1.29 is 23.5 Å². The molecule has 1 aromatic carbocycles. The maximum absolute atomic E-state index is 12.6. The molecule has 0 aliphatic carbocycles. The number of carbonyl (C=O) groups is 3. The van der Waals surface area contributed by atoms with Crippen LogP contribution in [0.15, 0.2) is 41.0 Å². The van der Waals surface area contributed by atoms with Crippen LogP contribution in [0, 0.1) is 0 Å². The fourth-order valence-electron chi connectivity index (χ4n) is 2.86.